The van der Waals surface area contributed by atoms with Crippen LogP contribution in [0.2, 0.25) is 0 Å². The van der Waals surface area contributed by atoms with E-state index >= 15 is 0 Å². The van der Waals surface area contributed by atoms with Gasteiger partial charge in [-0.15, -0.1) is 0 Å². The highest BCUT2D eigenvalue weighted by molar-refractivity contribution is 5.72. The summed E-state index contributed by atoms with van der Waals surface area (Å²) in [4.78, 5) is 7.22. The lowest BCUT2D eigenvalue weighted by Crippen LogP contribution is -2.31. The highest BCUT2D eigenvalue weighted by atomic mass is 15.4. The van der Waals surface area contributed by atoms with Crippen LogP contribution in [-0.4, -0.2) is 27.7 Å². The molecule has 1 aliphatic rings. The Morgan fingerprint density at radius 1 is 0.917 bits per heavy atom. The van der Waals surface area contributed by atoms with E-state index in [1.807, 2.05) is 4.52 Å². The third-order valence-corrected chi connectivity index (χ3v) is 4.93. The molecule has 4 heteroatoms. The van der Waals surface area contributed by atoms with Crippen LogP contribution in [0, 0.1) is 20.8 Å². The minimum Gasteiger partial charge on any atom is -0.356 e. The van der Waals surface area contributed by atoms with E-state index in [2.05, 4.69) is 56.0 Å². The van der Waals surface area contributed by atoms with Crippen molar-refractivity contribution in [3.05, 3.63) is 47.2 Å². The minimum absolute atomic E-state index is 0.978. The molecule has 1 aliphatic heterocycles. The molecule has 0 aliphatic carbocycles. The lowest BCUT2D eigenvalue weighted by atomic mass is 10.1. The van der Waals surface area contributed by atoms with E-state index < -0.39 is 0 Å². The number of hydrogen-bond acceptors (Lipinski definition) is 3. The molecule has 4 rings (SSSR count). The number of anilines is 1. The Kier molecular flexibility index (Phi) is 3.75. The Bertz CT molecular complexity index is 871. The second-order valence-electron chi connectivity index (χ2n) is 6.88. The predicted molar refractivity (Wildman–Crippen MR) is 98.7 cm³/mol. The molecular weight excluding hydrogens is 296 g/mol. The molecule has 4 nitrogen and oxygen atoms in total. The minimum atomic E-state index is 0.978. The number of aryl methyl sites for hydroxylation is 3. The van der Waals surface area contributed by atoms with Crippen LogP contribution in [-0.2, 0) is 0 Å². The molecule has 0 amide bonds. The molecule has 1 saturated heterocycles. The third-order valence-electron chi connectivity index (χ3n) is 4.93. The normalized spacial score (nSPS) is 15.2. The molecule has 3 heterocycles. The van der Waals surface area contributed by atoms with Crippen LogP contribution < -0.4 is 4.90 Å². The van der Waals surface area contributed by atoms with E-state index in [0.717, 1.165) is 41.3 Å². The smallest absolute Gasteiger partial charge is 0.161 e. The van der Waals surface area contributed by atoms with E-state index in [-0.39, 0.29) is 0 Å². The van der Waals surface area contributed by atoms with Crippen LogP contribution in [0.25, 0.3) is 16.9 Å². The van der Waals surface area contributed by atoms with E-state index in [1.54, 1.807) is 0 Å². The first-order valence-electron chi connectivity index (χ1n) is 8.82. The SMILES string of the molecule is Cc1ccc(-c2nn3c(N4CCCCC4)cc(C)nc3c2C)cc1. The fourth-order valence-electron chi connectivity index (χ4n) is 3.56. The van der Waals surface area contributed by atoms with Crippen molar-refractivity contribution in [2.45, 2.75) is 40.0 Å². The average molecular weight is 320 g/mol. The predicted octanol–water partition coefficient (Wildman–Crippen LogP) is 4.31. The van der Waals surface area contributed by atoms with Gasteiger partial charge >= 0.3 is 0 Å². The molecule has 124 valence electrons. The van der Waals surface area contributed by atoms with E-state index in [9.17, 15) is 0 Å². The number of rotatable bonds is 2. The molecule has 1 aromatic carbocycles. The van der Waals surface area contributed by atoms with Gasteiger partial charge in [-0.1, -0.05) is 29.8 Å². The van der Waals surface area contributed by atoms with Crippen molar-refractivity contribution in [3.8, 4) is 11.3 Å². The Balaban J connectivity index is 1.89. The van der Waals surface area contributed by atoms with Crippen molar-refractivity contribution in [2.75, 3.05) is 18.0 Å². The van der Waals surface area contributed by atoms with Gasteiger partial charge in [-0.25, -0.2) is 4.98 Å². The van der Waals surface area contributed by atoms with Gasteiger partial charge in [0.25, 0.3) is 0 Å². The quantitative estimate of drug-likeness (QED) is 0.705. The Labute approximate surface area is 143 Å². The summed E-state index contributed by atoms with van der Waals surface area (Å²) in [5, 5.41) is 4.94. The molecule has 0 unspecified atom stereocenters. The number of nitrogens with zero attached hydrogens (tertiary/aromatic N) is 4. The van der Waals surface area contributed by atoms with Gasteiger partial charge < -0.3 is 4.90 Å². The van der Waals surface area contributed by atoms with Crippen LogP contribution in [0.3, 0.4) is 0 Å². The van der Waals surface area contributed by atoms with Gasteiger partial charge in [0.2, 0.25) is 0 Å². The van der Waals surface area contributed by atoms with Gasteiger partial charge in [0.05, 0.1) is 5.69 Å². The number of fused-ring (bicyclic) bond motifs is 1. The highest BCUT2D eigenvalue weighted by Crippen LogP contribution is 2.29. The first kappa shape index (κ1) is 15.2. The topological polar surface area (TPSA) is 33.4 Å². The standard InChI is InChI=1S/C20H24N4/c1-14-7-9-17(10-8-14)19-16(3)20-21-15(2)13-18(24(20)22-19)23-11-5-4-6-12-23/h7-10,13H,4-6,11-12H2,1-3H3. The second-order valence-corrected chi connectivity index (χ2v) is 6.88. The summed E-state index contributed by atoms with van der Waals surface area (Å²) in [6.07, 6.45) is 3.85. The maximum absolute atomic E-state index is 4.94. The van der Waals surface area contributed by atoms with Gasteiger partial charge in [-0.2, -0.15) is 9.61 Å². The summed E-state index contributed by atoms with van der Waals surface area (Å²) in [6, 6.07) is 10.8. The molecule has 0 N–H and O–H groups in total. The van der Waals surface area contributed by atoms with Crippen LogP contribution in [0.4, 0.5) is 5.82 Å². The van der Waals surface area contributed by atoms with Crippen molar-refractivity contribution < 1.29 is 0 Å². The number of benzene rings is 1. The van der Waals surface area contributed by atoms with Gasteiger partial charge in [0.1, 0.15) is 5.82 Å². The van der Waals surface area contributed by atoms with Gasteiger partial charge in [-0.3, -0.25) is 0 Å². The lowest BCUT2D eigenvalue weighted by molar-refractivity contribution is 0.568. The Hall–Kier alpha value is -2.36. The summed E-state index contributed by atoms with van der Waals surface area (Å²) in [6.45, 7) is 8.53. The van der Waals surface area contributed by atoms with Crippen LogP contribution in [0.5, 0.6) is 0 Å². The van der Waals surface area contributed by atoms with Gasteiger partial charge in [-0.05, 0) is 40.0 Å². The van der Waals surface area contributed by atoms with E-state index in [1.165, 1.54) is 30.6 Å². The second kappa shape index (κ2) is 5.93. The molecule has 24 heavy (non-hydrogen) atoms. The third kappa shape index (κ3) is 2.56. The van der Waals surface area contributed by atoms with Crippen molar-refractivity contribution in [1.82, 2.24) is 14.6 Å². The van der Waals surface area contributed by atoms with E-state index in [4.69, 9.17) is 10.1 Å². The number of aromatic nitrogens is 3. The fourth-order valence-corrected chi connectivity index (χ4v) is 3.56. The molecular formula is C20H24N4. The Morgan fingerprint density at radius 2 is 1.62 bits per heavy atom. The van der Waals surface area contributed by atoms with E-state index in [0.29, 0.717) is 0 Å². The summed E-state index contributed by atoms with van der Waals surface area (Å²) >= 11 is 0. The summed E-state index contributed by atoms with van der Waals surface area (Å²) < 4.78 is 2.04. The summed E-state index contributed by atoms with van der Waals surface area (Å²) in [5.41, 5.74) is 6.65. The van der Waals surface area contributed by atoms with Crippen molar-refractivity contribution in [3.63, 3.8) is 0 Å². The lowest BCUT2D eigenvalue weighted by Gasteiger charge is -2.29. The largest absolute Gasteiger partial charge is 0.356 e. The maximum Gasteiger partial charge on any atom is 0.161 e. The maximum atomic E-state index is 4.94. The molecule has 0 spiro atoms. The van der Waals surface area contributed by atoms with Gasteiger partial charge in [0, 0.05) is 36.0 Å². The van der Waals surface area contributed by atoms with Gasteiger partial charge in [0.15, 0.2) is 5.65 Å². The average Bonchev–Trinajstić information content (AvgIpc) is 2.93. The van der Waals surface area contributed by atoms with Crippen LogP contribution in [0.15, 0.2) is 30.3 Å². The Morgan fingerprint density at radius 3 is 2.33 bits per heavy atom. The van der Waals surface area contributed by atoms with Crippen LogP contribution >= 0.6 is 0 Å². The van der Waals surface area contributed by atoms with Crippen LogP contribution in [0.1, 0.15) is 36.1 Å². The zero-order valence-corrected chi connectivity index (χ0v) is 14.7. The molecule has 0 atom stereocenters. The molecule has 0 saturated carbocycles. The summed E-state index contributed by atoms with van der Waals surface area (Å²) in [7, 11) is 0. The zero-order chi connectivity index (χ0) is 16.7. The first-order valence-corrected chi connectivity index (χ1v) is 8.82. The monoisotopic (exact) mass is 320 g/mol. The first-order chi connectivity index (χ1) is 11.6. The number of piperidine rings is 1. The van der Waals surface area contributed by atoms with Crippen molar-refractivity contribution in [1.29, 1.82) is 0 Å². The molecule has 2 aromatic heterocycles. The molecule has 3 aromatic rings. The highest BCUT2D eigenvalue weighted by Gasteiger charge is 2.19. The molecule has 0 radical (unpaired) electrons. The summed E-state index contributed by atoms with van der Waals surface area (Å²) in [5.74, 6) is 1.18. The fraction of sp³-hybridized carbons (Fsp3) is 0.400. The molecule has 1 fully saturated rings. The number of hydrogen-bond donors (Lipinski definition) is 0. The zero-order valence-electron chi connectivity index (χ0n) is 14.7. The molecule has 0 bridgehead atoms. The van der Waals surface area contributed by atoms with Crippen molar-refractivity contribution in [2.24, 2.45) is 0 Å². The van der Waals surface area contributed by atoms with Crippen molar-refractivity contribution >= 4 is 11.5 Å².